The Morgan fingerprint density at radius 1 is 1.23 bits per heavy atom. The van der Waals surface area contributed by atoms with Crippen molar-refractivity contribution >= 4 is 22.4 Å². The molecule has 5 rings (SSSR count). The first-order chi connectivity index (χ1) is 16.7. The Kier molecular flexibility index (Phi) is 6.34. The number of likely N-dealkylation sites (tertiary alicyclic amines) is 1. The van der Waals surface area contributed by atoms with E-state index in [1.54, 1.807) is 13.2 Å². The summed E-state index contributed by atoms with van der Waals surface area (Å²) >= 11 is 6.32. The van der Waals surface area contributed by atoms with Gasteiger partial charge >= 0.3 is 0 Å². The van der Waals surface area contributed by atoms with Crippen molar-refractivity contribution in [1.29, 1.82) is 0 Å². The molecule has 6 nitrogen and oxygen atoms in total. The molecule has 3 heterocycles. The predicted molar refractivity (Wildman–Crippen MR) is 136 cm³/mol. The molecule has 1 saturated heterocycles. The fraction of sp³-hybridized carbons (Fsp3) is 0.519. The Hall–Kier alpha value is -2.51. The molecule has 3 aromatic rings. The standard InChI is InChI=1S/C27H32ClFN4O2/c1-4-33-14-23(29)20(9-24(33)34)7-17(2)13-32-15-27(16-32)10-18(11-27)8-19-5-6-22(28)25-21(19)12-30-31(3)26(25)35/h5-6,9,12,14,17-18H,4,7-8,10-11,13,15-16H2,1-3H3/t17-/m0/s1. The molecule has 35 heavy (non-hydrogen) atoms. The summed E-state index contributed by atoms with van der Waals surface area (Å²) in [5.41, 5.74) is 1.77. The lowest BCUT2D eigenvalue weighted by molar-refractivity contribution is -0.0980. The molecule has 1 aliphatic heterocycles. The van der Waals surface area contributed by atoms with Crippen molar-refractivity contribution in [2.45, 2.75) is 46.1 Å². The van der Waals surface area contributed by atoms with Crippen molar-refractivity contribution < 1.29 is 4.39 Å². The summed E-state index contributed by atoms with van der Waals surface area (Å²) in [6, 6.07) is 5.31. The van der Waals surface area contributed by atoms with Crippen LogP contribution in [-0.2, 0) is 26.4 Å². The number of aryl methyl sites for hydroxylation is 2. The molecule has 0 unspecified atom stereocenters. The maximum absolute atomic E-state index is 14.4. The van der Waals surface area contributed by atoms with E-state index < -0.39 is 0 Å². The van der Waals surface area contributed by atoms with Gasteiger partial charge in [0, 0.05) is 50.9 Å². The lowest BCUT2D eigenvalue weighted by Gasteiger charge is -2.60. The van der Waals surface area contributed by atoms with Gasteiger partial charge in [-0.25, -0.2) is 9.07 Å². The fourth-order valence-corrected chi connectivity index (χ4v) is 6.56. The highest BCUT2D eigenvalue weighted by atomic mass is 35.5. The minimum Gasteiger partial charge on any atom is -0.313 e. The molecule has 1 aromatic carbocycles. The number of halogens is 2. The first kappa shape index (κ1) is 24.2. The number of hydrogen-bond donors (Lipinski definition) is 0. The molecule has 0 N–H and O–H groups in total. The molecule has 8 heteroatoms. The third kappa shape index (κ3) is 4.56. The zero-order chi connectivity index (χ0) is 24.9. The van der Waals surface area contributed by atoms with Crippen molar-refractivity contribution in [2.75, 3.05) is 19.6 Å². The second-order valence-electron chi connectivity index (χ2n) is 10.8. The third-order valence-corrected chi connectivity index (χ3v) is 8.17. The summed E-state index contributed by atoms with van der Waals surface area (Å²) in [5, 5.41) is 6.10. The van der Waals surface area contributed by atoms with Crippen LogP contribution in [0, 0.1) is 23.1 Å². The minimum absolute atomic E-state index is 0.135. The Bertz CT molecular complexity index is 1380. The molecule has 1 spiro atoms. The number of nitrogens with zero attached hydrogens (tertiary/aromatic N) is 4. The minimum atomic E-state index is -0.289. The van der Waals surface area contributed by atoms with Gasteiger partial charge in [-0.1, -0.05) is 24.6 Å². The van der Waals surface area contributed by atoms with Gasteiger partial charge in [0.25, 0.3) is 11.1 Å². The van der Waals surface area contributed by atoms with Crippen LogP contribution in [-0.4, -0.2) is 38.9 Å². The Morgan fingerprint density at radius 3 is 2.69 bits per heavy atom. The Morgan fingerprint density at radius 2 is 1.97 bits per heavy atom. The summed E-state index contributed by atoms with van der Waals surface area (Å²) < 4.78 is 17.1. The highest BCUT2D eigenvalue weighted by Gasteiger charge is 2.51. The van der Waals surface area contributed by atoms with Crippen LogP contribution in [0.4, 0.5) is 4.39 Å². The second-order valence-corrected chi connectivity index (χ2v) is 11.2. The lowest BCUT2D eigenvalue weighted by Crippen LogP contribution is -2.63. The summed E-state index contributed by atoms with van der Waals surface area (Å²) in [4.78, 5) is 27.0. The normalized spacial score (nSPS) is 18.5. The van der Waals surface area contributed by atoms with Gasteiger partial charge in [0.2, 0.25) is 0 Å². The first-order valence-electron chi connectivity index (χ1n) is 12.4. The smallest absolute Gasteiger partial charge is 0.275 e. The summed E-state index contributed by atoms with van der Waals surface area (Å²) in [6.45, 7) is 7.52. The van der Waals surface area contributed by atoms with Crippen molar-refractivity contribution in [3.63, 3.8) is 0 Å². The zero-order valence-corrected chi connectivity index (χ0v) is 21.3. The van der Waals surface area contributed by atoms with Crippen LogP contribution in [0.3, 0.4) is 0 Å². The van der Waals surface area contributed by atoms with Gasteiger partial charge < -0.3 is 9.47 Å². The van der Waals surface area contributed by atoms with Gasteiger partial charge in [-0.3, -0.25) is 9.59 Å². The lowest BCUT2D eigenvalue weighted by atomic mass is 9.56. The Balaban J connectivity index is 1.14. The highest BCUT2D eigenvalue weighted by Crippen LogP contribution is 2.53. The van der Waals surface area contributed by atoms with Gasteiger partial charge in [-0.2, -0.15) is 5.10 Å². The molecule has 2 aliphatic rings. The molecule has 1 atom stereocenters. The van der Waals surface area contributed by atoms with Gasteiger partial charge in [0.1, 0.15) is 5.82 Å². The molecule has 0 radical (unpaired) electrons. The molecular formula is C27H32ClFN4O2. The number of fused-ring (bicyclic) bond motifs is 1. The first-order valence-corrected chi connectivity index (χ1v) is 12.8. The maximum Gasteiger partial charge on any atom is 0.275 e. The summed E-state index contributed by atoms with van der Waals surface area (Å²) in [5.74, 6) is 0.593. The number of benzene rings is 1. The van der Waals surface area contributed by atoms with Gasteiger partial charge in [0.05, 0.1) is 16.6 Å². The van der Waals surface area contributed by atoms with Crippen molar-refractivity contribution in [3.05, 3.63) is 73.3 Å². The molecule has 0 bridgehead atoms. The Labute approximate surface area is 209 Å². The van der Waals surface area contributed by atoms with E-state index in [9.17, 15) is 14.0 Å². The average Bonchev–Trinajstić information content (AvgIpc) is 2.76. The summed E-state index contributed by atoms with van der Waals surface area (Å²) in [7, 11) is 1.64. The molecule has 1 saturated carbocycles. The average molecular weight is 499 g/mol. The van der Waals surface area contributed by atoms with Gasteiger partial charge in [0.15, 0.2) is 0 Å². The largest absolute Gasteiger partial charge is 0.313 e. The van der Waals surface area contributed by atoms with E-state index in [0.717, 1.165) is 37.0 Å². The van der Waals surface area contributed by atoms with Crippen LogP contribution >= 0.6 is 11.6 Å². The molecule has 2 fully saturated rings. The number of pyridine rings is 1. The van der Waals surface area contributed by atoms with E-state index in [-0.39, 0.29) is 22.9 Å². The van der Waals surface area contributed by atoms with Crippen LogP contribution in [0.5, 0.6) is 0 Å². The number of rotatable bonds is 7. The van der Waals surface area contributed by atoms with E-state index in [2.05, 4.69) is 16.9 Å². The van der Waals surface area contributed by atoms with E-state index in [4.69, 9.17) is 11.6 Å². The van der Waals surface area contributed by atoms with E-state index in [1.807, 2.05) is 19.1 Å². The van der Waals surface area contributed by atoms with Crippen LogP contribution in [0.2, 0.25) is 5.02 Å². The summed E-state index contributed by atoms with van der Waals surface area (Å²) in [6.07, 6.45) is 6.97. The van der Waals surface area contributed by atoms with E-state index >= 15 is 0 Å². The molecule has 1 aliphatic carbocycles. The fourth-order valence-electron chi connectivity index (χ4n) is 6.32. The van der Waals surface area contributed by atoms with Gasteiger partial charge in [-0.15, -0.1) is 0 Å². The topological polar surface area (TPSA) is 60.1 Å². The zero-order valence-electron chi connectivity index (χ0n) is 20.6. The maximum atomic E-state index is 14.4. The highest BCUT2D eigenvalue weighted by molar-refractivity contribution is 6.35. The van der Waals surface area contributed by atoms with Crippen molar-refractivity contribution in [1.82, 2.24) is 19.2 Å². The van der Waals surface area contributed by atoms with E-state index in [1.165, 1.54) is 34.4 Å². The monoisotopic (exact) mass is 498 g/mol. The quantitative estimate of drug-likeness (QED) is 0.493. The number of aromatic nitrogens is 3. The third-order valence-electron chi connectivity index (χ3n) is 7.86. The second kappa shape index (κ2) is 9.17. The van der Waals surface area contributed by atoms with E-state index in [0.29, 0.717) is 40.3 Å². The SMILES string of the molecule is CCn1cc(F)c(C[C@H](C)CN2CC3(CC(Cc4ccc(Cl)c5c(=O)n(C)ncc45)C3)C2)cc1=O. The molecule has 2 aromatic heterocycles. The van der Waals surface area contributed by atoms with Crippen molar-refractivity contribution in [2.24, 2.45) is 24.3 Å². The predicted octanol–water partition coefficient (Wildman–Crippen LogP) is 4.04. The van der Waals surface area contributed by atoms with Gasteiger partial charge in [-0.05, 0) is 67.1 Å². The molecular weight excluding hydrogens is 467 g/mol. The van der Waals surface area contributed by atoms with Crippen LogP contribution in [0.15, 0.2) is 40.2 Å². The van der Waals surface area contributed by atoms with Crippen LogP contribution in [0.1, 0.15) is 37.8 Å². The molecule has 186 valence electrons. The molecule has 0 amide bonds. The van der Waals surface area contributed by atoms with Crippen LogP contribution < -0.4 is 11.1 Å². The van der Waals surface area contributed by atoms with Crippen LogP contribution in [0.25, 0.3) is 10.8 Å². The number of hydrogen-bond acceptors (Lipinski definition) is 4. The van der Waals surface area contributed by atoms with Crippen molar-refractivity contribution in [3.8, 4) is 0 Å².